The highest BCUT2D eigenvalue weighted by Crippen LogP contribution is 2.19. The van der Waals surface area contributed by atoms with Crippen LogP contribution in [0.2, 0.25) is 0 Å². The van der Waals surface area contributed by atoms with E-state index in [1.54, 1.807) is 6.20 Å². The van der Waals surface area contributed by atoms with Gasteiger partial charge in [0.15, 0.2) is 0 Å². The first-order valence-corrected chi connectivity index (χ1v) is 4.26. The minimum atomic E-state index is 0.663. The van der Waals surface area contributed by atoms with Crippen molar-refractivity contribution < 1.29 is 4.79 Å². The largest absolute Gasteiger partial charge is 0.327 e. The number of amides is 1. The molecule has 13 heavy (non-hydrogen) atoms. The van der Waals surface area contributed by atoms with Crippen molar-refractivity contribution in [2.75, 3.05) is 5.32 Å². The zero-order chi connectivity index (χ0) is 9.10. The Hall–Kier alpha value is -1.64. The van der Waals surface area contributed by atoms with Gasteiger partial charge in [0.05, 0.1) is 11.9 Å². The summed E-state index contributed by atoms with van der Waals surface area (Å²) in [6, 6.07) is 1.94. The Labute approximate surface area is 76.5 Å². The van der Waals surface area contributed by atoms with Gasteiger partial charge in [0, 0.05) is 5.69 Å². The lowest BCUT2D eigenvalue weighted by atomic mass is 10.0. The van der Waals surface area contributed by atoms with Gasteiger partial charge in [0.1, 0.15) is 0 Å². The number of hydrogen-bond acceptors (Lipinski definition) is 2. The molecule has 1 aliphatic rings. The normalized spacial score (nSPS) is 13.5. The number of rotatable bonds is 2. The first-order chi connectivity index (χ1) is 6.40. The van der Waals surface area contributed by atoms with E-state index in [0.717, 1.165) is 29.8 Å². The van der Waals surface area contributed by atoms with E-state index in [2.05, 4.69) is 16.4 Å². The van der Waals surface area contributed by atoms with Gasteiger partial charge in [-0.2, -0.15) is 0 Å². The Morgan fingerprint density at radius 2 is 2.46 bits per heavy atom. The molecule has 0 saturated heterocycles. The van der Waals surface area contributed by atoms with Crippen LogP contribution in [0.4, 0.5) is 5.69 Å². The summed E-state index contributed by atoms with van der Waals surface area (Å²) in [5.41, 5.74) is 2.97. The van der Waals surface area contributed by atoms with E-state index in [-0.39, 0.29) is 0 Å². The highest BCUT2D eigenvalue weighted by atomic mass is 16.1. The smallest absolute Gasteiger partial charge is 0.211 e. The fraction of sp³-hybridized carbons (Fsp3) is 0.200. The van der Waals surface area contributed by atoms with Crippen molar-refractivity contribution in [2.45, 2.75) is 12.8 Å². The number of carbonyl (C=O) groups is 1. The van der Waals surface area contributed by atoms with Crippen molar-refractivity contribution in [1.29, 1.82) is 0 Å². The van der Waals surface area contributed by atoms with Crippen LogP contribution in [0.3, 0.4) is 0 Å². The van der Waals surface area contributed by atoms with Crippen LogP contribution < -0.4 is 5.32 Å². The van der Waals surface area contributed by atoms with Crippen molar-refractivity contribution in [3.63, 3.8) is 0 Å². The molecule has 1 heterocycles. The first kappa shape index (κ1) is 7.98. The third-order valence-electron chi connectivity index (χ3n) is 2.07. The van der Waals surface area contributed by atoms with Crippen LogP contribution in [0.15, 0.2) is 18.3 Å². The summed E-state index contributed by atoms with van der Waals surface area (Å²) < 4.78 is 0. The Kier molecular flexibility index (Phi) is 2.08. The molecule has 0 radical (unpaired) electrons. The van der Waals surface area contributed by atoms with E-state index in [1.807, 2.05) is 12.1 Å². The molecule has 0 bridgehead atoms. The van der Waals surface area contributed by atoms with Gasteiger partial charge in [-0.15, -0.1) is 0 Å². The number of anilines is 1. The average molecular weight is 174 g/mol. The molecule has 3 nitrogen and oxygen atoms in total. The molecular formula is C10H10N2O. The lowest BCUT2D eigenvalue weighted by Crippen LogP contribution is -2.01. The summed E-state index contributed by atoms with van der Waals surface area (Å²) in [7, 11) is 0. The number of hydrogen-bond donors (Lipinski definition) is 1. The zero-order valence-corrected chi connectivity index (χ0v) is 7.16. The lowest BCUT2D eigenvalue weighted by Gasteiger charge is -2.09. The van der Waals surface area contributed by atoms with E-state index >= 15 is 0 Å². The van der Waals surface area contributed by atoms with Crippen molar-refractivity contribution >= 4 is 18.2 Å². The number of nitrogens with one attached hydrogen (secondary N) is 1. The molecule has 0 unspecified atom stereocenters. The van der Waals surface area contributed by atoms with Gasteiger partial charge < -0.3 is 5.32 Å². The topological polar surface area (TPSA) is 42.0 Å². The minimum absolute atomic E-state index is 0.663. The number of pyridine rings is 1. The van der Waals surface area contributed by atoms with Gasteiger partial charge in [0.2, 0.25) is 6.41 Å². The van der Waals surface area contributed by atoms with Crippen LogP contribution in [-0.4, -0.2) is 11.4 Å². The predicted molar refractivity (Wildman–Crippen MR) is 51.3 cm³/mol. The van der Waals surface area contributed by atoms with Crippen molar-refractivity contribution in [1.82, 2.24) is 4.98 Å². The molecule has 1 aliphatic carbocycles. The van der Waals surface area contributed by atoms with E-state index in [4.69, 9.17) is 0 Å². The van der Waals surface area contributed by atoms with Gasteiger partial charge in [-0.05, 0) is 24.5 Å². The summed E-state index contributed by atoms with van der Waals surface area (Å²) in [5, 5.41) is 2.58. The maximum atomic E-state index is 10.2. The van der Waals surface area contributed by atoms with Crippen LogP contribution in [0.25, 0.3) is 6.08 Å². The number of allylic oxidation sites excluding steroid dienone is 1. The van der Waals surface area contributed by atoms with Crippen LogP contribution in [0.5, 0.6) is 0 Å². The third kappa shape index (κ3) is 1.59. The molecule has 0 aliphatic heterocycles. The molecule has 0 fully saturated rings. The molecular weight excluding hydrogens is 164 g/mol. The maximum Gasteiger partial charge on any atom is 0.211 e. The van der Waals surface area contributed by atoms with Crippen molar-refractivity contribution in [2.24, 2.45) is 0 Å². The van der Waals surface area contributed by atoms with E-state index < -0.39 is 0 Å². The number of nitrogens with zero attached hydrogens (tertiary/aromatic N) is 1. The van der Waals surface area contributed by atoms with Gasteiger partial charge in [-0.3, -0.25) is 9.78 Å². The molecule has 0 atom stereocenters. The van der Waals surface area contributed by atoms with Gasteiger partial charge >= 0.3 is 0 Å². The van der Waals surface area contributed by atoms with Crippen LogP contribution >= 0.6 is 0 Å². The highest BCUT2D eigenvalue weighted by molar-refractivity contribution is 5.72. The second-order valence-electron chi connectivity index (χ2n) is 2.96. The Morgan fingerprint density at radius 3 is 3.31 bits per heavy atom. The summed E-state index contributed by atoms with van der Waals surface area (Å²) in [4.78, 5) is 14.5. The fourth-order valence-corrected chi connectivity index (χ4v) is 1.44. The van der Waals surface area contributed by atoms with Crippen LogP contribution in [-0.2, 0) is 11.2 Å². The van der Waals surface area contributed by atoms with Crippen molar-refractivity contribution in [3.05, 3.63) is 29.6 Å². The molecule has 2 rings (SSSR count). The summed E-state index contributed by atoms with van der Waals surface area (Å²) in [6.07, 6.45) is 8.56. The van der Waals surface area contributed by atoms with Crippen LogP contribution in [0, 0.1) is 0 Å². The lowest BCUT2D eigenvalue weighted by molar-refractivity contribution is -0.105. The molecule has 1 aromatic heterocycles. The highest BCUT2D eigenvalue weighted by Gasteiger charge is 2.05. The Morgan fingerprint density at radius 1 is 1.54 bits per heavy atom. The summed E-state index contributed by atoms with van der Waals surface area (Å²) in [6.45, 7) is 0. The third-order valence-corrected chi connectivity index (χ3v) is 2.07. The van der Waals surface area contributed by atoms with E-state index in [9.17, 15) is 4.79 Å². The number of aromatic nitrogens is 1. The maximum absolute atomic E-state index is 10.2. The Balaban J connectivity index is 2.36. The molecule has 66 valence electrons. The molecule has 0 spiro atoms. The monoisotopic (exact) mass is 174 g/mol. The van der Waals surface area contributed by atoms with Gasteiger partial charge in [-0.25, -0.2) is 0 Å². The molecule has 0 aromatic carbocycles. The van der Waals surface area contributed by atoms with E-state index in [1.165, 1.54) is 0 Å². The summed E-state index contributed by atoms with van der Waals surface area (Å²) in [5.74, 6) is 0. The number of aryl methyl sites for hydroxylation is 1. The molecule has 3 heteroatoms. The molecule has 1 N–H and O–H groups in total. The van der Waals surface area contributed by atoms with Crippen molar-refractivity contribution in [3.8, 4) is 0 Å². The second kappa shape index (κ2) is 3.39. The molecule has 1 aromatic rings. The Bertz CT molecular complexity index is 358. The fourth-order valence-electron chi connectivity index (χ4n) is 1.44. The SMILES string of the molecule is O=CNc1cnc2c(c1)C=CCC2. The standard InChI is InChI=1S/C10H10N2O/c13-7-12-9-5-8-3-1-2-4-10(8)11-6-9/h1,3,5-7H,2,4H2,(H,12,13). The number of carbonyl (C=O) groups excluding carboxylic acids is 1. The van der Waals surface area contributed by atoms with Gasteiger partial charge in [0.25, 0.3) is 0 Å². The molecule has 1 amide bonds. The van der Waals surface area contributed by atoms with E-state index in [0.29, 0.717) is 6.41 Å². The quantitative estimate of drug-likeness (QED) is 0.692. The number of fused-ring (bicyclic) bond motifs is 1. The summed E-state index contributed by atoms with van der Waals surface area (Å²) >= 11 is 0. The first-order valence-electron chi connectivity index (χ1n) is 4.26. The second-order valence-corrected chi connectivity index (χ2v) is 2.96. The molecule has 0 saturated carbocycles. The van der Waals surface area contributed by atoms with Crippen LogP contribution in [0.1, 0.15) is 17.7 Å². The zero-order valence-electron chi connectivity index (χ0n) is 7.16. The predicted octanol–water partition coefficient (Wildman–Crippen LogP) is 1.61. The minimum Gasteiger partial charge on any atom is -0.327 e. The average Bonchev–Trinajstić information content (AvgIpc) is 2.18. The van der Waals surface area contributed by atoms with Gasteiger partial charge in [-0.1, -0.05) is 12.2 Å².